The van der Waals surface area contributed by atoms with Gasteiger partial charge in [-0.2, -0.15) is 13.2 Å². The first-order valence-electron chi connectivity index (χ1n) is 3.99. The van der Waals surface area contributed by atoms with Gasteiger partial charge < -0.3 is 10.8 Å². The number of aliphatic imine (C=N–C) groups is 1. The number of benzene rings is 1. The summed E-state index contributed by atoms with van der Waals surface area (Å²) in [6.45, 7) is 0. The highest BCUT2D eigenvalue weighted by Gasteiger charge is 2.34. The van der Waals surface area contributed by atoms with Gasteiger partial charge in [0.05, 0.1) is 5.56 Å². The van der Waals surface area contributed by atoms with Gasteiger partial charge in [0, 0.05) is 12.6 Å². The maximum absolute atomic E-state index is 12.4. The second kappa shape index (κ2) is 3.80. The van der Waals surface area contributed by atoms with E-state index in [-0.39, 0.29) is 11.4 Å². The van der Waals surface area contributed by atoms with E-state index >= 15 is 0 Å². The molecule has 0 unspecified atom stereocenters. The smallest absolute Gasteiger partial charge is 0.419 e. The van der Waals surface area contributed by atoms with Gasteiger partial charge in [0.1, 0.15) is 11.6 Å². The van der Waals surface area contributed by atoms with Crippen molar-refractivity contribution in [3.05, 3.63) is 29.3 Å². The molecular weight excluding hydrogens is 209 g/mol. The molecule has 0 amide bonds. The van der Waals surface area contributed by atoms with E-state index in [4.69, 9.17) is 10.8 Å². The van der Waals surface area contributed by atoms with Gasteiger partial charge in [0.15, 0.2) is 0 Å². The van der Waals surface area contributed by atoms with Gasteiger partial charge in [-0.15, -0.1) is 0 Å². The summed E-state index contributed by atoms with van der Waals surface area (Å²) < 4.78 is 37.1. The first kappa shape index (κ1) is 11.4. The third-order valence-electron chi connectivity index (χ3n) is 1.84. The van der Waals surface area contributed by atoms with Crippen LogP contribution < -0.4 is 5.73 Å². The molecule has 3 nitrogen and oxygen atoms in total. The van der Waals surface area contributed by atoms with E-state index < -0.39 is 17.5 Å². The lowest BCUT2D eigenvalue weighted by Gasteiger charge is -2.10. The van der Waals surface area contributed by atoms with Gasteiger partial charge in [-0.3, -0.25) is 4.99 Å². The molecule has 15 heavy (non-hydrogen) atoms. The molecule has 6 heteroatoms. The number of hydrogen-bond acceptors (Lipinski definition) is 2. The summed E-state index contributed by atoms with van der Waals surface area (Å²) in [5.41, 5.74) is 4.37. The fraction of sp³-hybridized carbons (Fsp3) is 0.222. The maximum atomic E-state index is 12.4. The van der Waals surface area contributed by atoms with Crippen LogP contribution in [0.15, 0.2) is 23.2 Å². The lowest BCUT2D eigenvalue weighted by molar-refractivity contribution is -0.138. The van der Waals surface area contributed by atoms with E-state index in [9.17, 15) is 13.2 Å². The Bertz CT molecular complexity index is 399. The molecule has 0 aliphatic rings. The number of alkyl halides is 3. The Labute approximate surface area is 84.1 Å². The minimum atomic E-state index is -4.60. The molecule has 0 saturated heterocycles. The number of aromatic hydroxyl groups is 1. The summed E-state index contributed by atoms with van der Waals surface area (Å²) in [6, 6.07) is 2.97. The lowest BCUT2D eigenvalue weighted by atomic mass is 10.1. The average Bonchev–Trinajstić information content (AvgIpc) is 2.15. The van der Waals surface area contributed by atoms with Crippen LogP contribution in [-0.4, -0.2) is 18.0 Å². The molecule has 0 bridgehead atoms. The maximum Gasteiger partial charge on any atom is 0.419 e. The number of phenolic OH excluding ortho intramolecular Hbond substituents is 1. The molecule has 0 spiro atoms. The Hall–Kier alpha value is -1.72. The molecular formula is C9H9F3N2O. The van der Waals surface area contributed by atoms with E-state index in [0.717, 1.165) is 12.1 Å². The second-order valence-electron chi connectivity index (χ2n) is 2.84. The van der Waals surface area contributed by atoms with Crippen molar-refractivity contribution in [1.29, 1.82) is 0 Å². The summed E-state index contributed by atoms with van der Waals surface area (Å²) in [4.78, 5) is 3.56. The zero-order valence-corrected chi connectivity index (χ0v) is 7.84. The fourth-order valence-corrected chi connectivity index (χ4v) is 1.05. The Morgan fingerprint density at radius 2 is 2.00 bits per heavy atom. The third kappa shape index (κ3) is 2.39. The summed E-state index contributed by atoms with van der Waals surface area (Å²) in [5, 5.41) is 9.02. The number of nitrogens with zero attached hydrogens (tertiary/aromatic N) is 1. The minimum Gasteiger partial charge on any atom is -0.507 e. The van der Waals surface area contributed by atoms with Crippen LogP contribution in [0.4, 0.5) is 13.2 Å². The predicted molar refractivity (Wildman–Crippen MR) is 49.8 cm³/mol. The molecule has 0 radical (unpaired) electrons. The Morgan fingerprint density at radius 1 is 1.40 bits per heavy atom. The zero-order valence-electron chi connectivity index (χ0n) is 7.84. The van der Waals surface area contributed by atoms with E-state index in [1.165, 1.54) is 13.1 Å². The van der Waals surface area contributed by atoms with Crippen molar-refractivity contribution in [2.45, 2.75) is 6.18 Å². The van der Waals surface area contributed by atoms with E-state index in [0.29, 0.717) is 0 Å². The number of rotatable bonds is 1. The van der Waals surface area contributed by atoms with Crippen LogP contribution in [0, 0.1) is 0 Å². The molecule has 0 atom stereocenters. The van der Waals surface area contributed by atoms with E-state index in [2.05, 4.69) is 4.99 Å². The normalized spacial score (nSPS) is 12.9. The number of hydrogen-bond donors (Lipinski definition) is 2. The van der Waals surface area contributed by atoms with Crippen molar-refractivity contribution in [2.75, 3.05) is 7.05 Å². The van der Waals surface area contributed by atoms with E-state index in [1.807, 2.05) is 0 Å². The molecule has 0 aliphatic carbocycles. The quantitative estimate of drug-likeness (QED) is 0.557. The largest absolute Gasteiger partial charge is 0.507 e. The van der Waals surface area contributed by atoms with Gasteiger partial charge in [-0.25, -0.2) is 0 Å². The number of halogens is 3. The third-order valence-corrected chi connectivity index (χ3v) is 1.84. The average molecular weight is 218 g/mol. The standard InChI is InChI=1S/C9H9F3N2O/c1-14-8(13)5-2-3-7(15)6(4-5)9(10,11)12/h2-4,15H,1H3,(H2,13,14). The monoisotopic (exact) mass is 218 g/mol. The molecule has 0 aromatic heterocycles. The molecule has 1 aromatic carbocycles. The van der Waals surface area contributed by atoms with Crippen molar-refractivity contribution in [3.63, 3.8) is 0 Å². The van der Waals surface area contributed by atoms with Gasteiger partial charge >= 0.3 is 6.18 Å². The van der Waals surface area contributed by atoms with Crippen molar-refractivity contribution in [2.24, 2.45) is 10.7 Å². The zero-order chi connectivity index (χ0) is 11.6. The lowest BCUT2D eigenvalue weighted by Crippen LogP contribution is -2.15. The van der Waals surface area contributed by atoms with Crippen LogP contribution in [0.3, 0.4) is 0 Å². The van der Waals surface area contributed by atoms with Crippen LogP contribution in [0.5, 0.6) is 5.75 Å². The molecule has 0 fully saturated rings. The van der Waals surface area contributed by atoms with Crippen LogP contribution in [0.2, 0.25) is 0 Å². The van der Waals surface area contributed by atoms with E-state index in [1.54, 1.807) is 0 Å². The van der Waals surface area contributed by atoms with Crippen LogP contribution in [0.1, 0.15) is 11.1 Å². The highest BCUT2D eigenvalue weighted by atomic mass is 19.4. The summed E-state index contributed by atoms with van der Waals surface area (Å²) in [6.07, 6.45) is -4.60. The van der Waals surface area contributed by atoms with Crippen molar-refractivity contribution >= 4 is 5.84 Å². The summed E-state index contributed by atoms with van der Waals surface area (Å²) in [7, 11) is 1.37. The van der Waals surface area contributed by atoms with Gasteiger partial charge in [-0.05, 0) is 18.2 Å². The fourth-order valence-electron chi connectivity index (χ4n) is 1.05. The second-order valence-corrected chi connectivity index (χ2v) is 2.84. The SMILES string of the molecule is CN=C(N)c1ccc(O)c(C(F)(F)F)c1. The van der Waals surface area contributed by atoms with Crippen LogP contribution in [0.25, 0.3) is 0 Å². The summed E-state index contributed by atoms with van der Waals surface area (Å²) in [5.74, 6) is -0.837. The Balaban J connectivity index is 3.29. The van der Waals surface area contributed by atoms with Crippen molar-refractivity contribution < 1.29 is 18.3 Å². The number of nitrogens with two attached hydrogens (primary N) is 1. The molecule has 1 aromatic rings. The highest BCUT2D eigenvalue weighted by molar-refractivity contribution is 5.97. The molecule has 0 heterocycles. The molecule has 0 aliphatic heterocycles. The van der Waals surface area contributed by atoms with Crippen LogP contribution >= 0.6 is 0 Å². The van der Waals surface area contributed by atoms with Crippen LogP contribution in [-0.2, 0) is 6.18 Å². The first-order chi connectivity index (χ1) is 6.86. The predicted octanol–water partition coefficient (Wildman–Crippen LogP) is 1.75. The first-order valence-corrected chi connectivity index (χ1v) is 3.99. The highest BCUT2D eigenvalue weighted by Crippen LogP contribution is 2.35. The molecule has 0 saturated carbocycles. The number of amidine groups is 1. The topological polar surface area (TPSA) is 58.6 Å². The van der Waals surface area contributed by atoms with Crippen molar-refractivity contribution in [3.8, 4) is 5.75 Å². The summed E-state index contributed by atoms with van der Waals surface area (Å²) >= 11 is 0. The molecule has 1 rings (SSSR count). The van der Waals surface area contributed by atoms with Gasteiger partial charge in [0.2, 0.25) is 0 Å². The Morgan fingerprint density at radius 3 is 2.47 bits per heavy atom. The van der Waals surface area contributed by atoms with Crippen molar-refractivity contribution in [1.82, 2.24) is 0 Å². The Kier molecular flexibility index (Phi) is 2.88. The molecule has 3 N–H and O–H groups in total. The van der Waals surface area contributed by atoms with Gasteiger partial charge in [0.25, 0.3) is 0 Å². The minimum absolute atomic E-state index is 0.0134. The molecule has 82 valence electrons. The van der Waals surface area contributed by atoms with Gasteiger partial charge in [-0.1, -0.05) is 0 Å². The number of phenols is 1.